The summed E-state index contributed by atoms with van der Waals surface area (Å²) in [7, 11) is 0. The van der Waals surface area contributed by atoms with Gasteiger partial charge < -0.3 is 2.85 Å². The van der Waals surface area contributed by atoms with Crippen LogP contribution in [0.1, 0.15) is 2.85 Å². The van der Waals surface area contributed by atoms with Gasteiger partial charge in [-0.3, -0.25) is 0 Å². The van der Waals surface area contributed by atoms with Crippen LogP contribution >= 0.6 is 0 Å². The Kier molecular flexibility index (Phi) is 74.5. The van der Waals surface area contributed by atoms with Gasteiger partial charge in [0.2, 0.25) is 0 Å². The minimum atomic E-state index is -2.00. The third kappa shape index (κ3) is 39.1. The first-order valence-corrected chi connectivity index (χ1v) is 2.55. The van der Waals surface area contributed by atoms with Crippen molar-refractivity contribution >= 4 is 54.0 Å². The molecule has 0 saturated carbocycles. The molecule has 0 unspecified atom stereocenters. The SMILES string of the molecule is [Ca+2].[H-].[H-].[O]=[AlH].[O]=[Ti]=[O]. The molecule has 0 saturated heterocycles. The van der Waals surface area contributed by atoms with Gasteiger partial charge in [-0.1, -0.05) is 0 Å². The van der Waals surface area contributed by atoms with Crippen LogP contribution in [0, 0.1) is 0 Å². The molecular formula is H3AlCaO3Ti. The number of hydrogen-bond acceptors (Lipinski definition) is 3. The fourth-order valence-corrected chi connectivity index (χ4v) is 0. The second kappa shape index (κ2) is 28.5. The summed E-state index contributed by atoms with van der Waals surface area (Å²) in [6.45, 7) is 0. The monoisotopic (exact) mass is 166 g/mol. The van der Waals surface area contributed by atoms with Crippen LogP contribution in [0.4, 0.5) is 0 Å². The van der Waals surface area contributed by atoms with Gasteiger partial charge in [0.25, 0.3) is 0 Å². The van der Waals surface area contributed by atoms with Crippen LogP contribution in [-0.2, 0) is 29.5 Å². The molecule has 0 amide bonds. The molecular weight excluding hydrogens is 163 g/mol. The van der Waals surface area contributed by atoms with Gasteiger partial charge in [-0.05, 0) is 0 Å². The predicted octanol–water partition coefficient (Wildman–Crippen LogP) is -1.16. The molecule has 0 bridgehead atoms. The molecule has 0 aliphatic rings. The van der Waals surface area contributed by atoms with Crippen molar-refractivity contribution in [3.63, 3.8) is 0 Å². The van der Waals surface area contributed by atoms with Crippen LogP contribution in [0.15, 0.2) is 0 Å². The second-order valence-corrected chi connectivity index (χ2v) is 0.344. The van der Waals surface area contributed by atoms with E-state index >= 15 is 0 Å². The van der Waals surface area contributed by atoms with Crippen molar-refractivity contribution in [3.8, 4) is 0 Å². The van der Waals surface area contributed by atoms with E-state index in [2.05, 4.69) is 0 Å². The van der Waals surface area contributed by atoms with Crippen LogP contribution in [0.25, 0.3) is 0 Å². The molecule has 0 aromatic carbocycles. The van der Waals surface area contributed by atoms with Gasteiger partial charge in [0.05, 0.1) is 0 Å². The summed E-state index contributed by atoms with van der Waals surface area (Å²) >= 11 is -1.39. The van der Waals surface area contributed by atoms with Crippen molar-refractivity contribution in [2.24, 2.45) is 0 Å². The van der Waals surface area contributed by atoms with Crippen molar-refractivity contribution in [1.29, 1.82) is 0 Å². The Morgan fingerprint density at radius 3 is 1.33 bits per heavy atom. The first-order chi connectivity index (χ1) is 2.41. The summed E-state index contributed by atoms with van der Waals surface area (Å²) in [5.41, 5.74) is 0. The van der Waals surface area contributed by atoms with Gasteiger partial charge in [-0.25, -0.2) is 0 Å². The molecule has 0 aromatic rings. The fraction of sp³-hybridized carbons (Fsp3) is 0. The number of rotatable bonds is 0. The Hall–Kier alpha value is 1.91. The van der Waals surface area contributed by atoms with E-state index < -0.39 is 19.1 Å². The van der Waals surface area contributed by atoms with Gasteiger partial charge in [-0.15, -0.1) is 0 Å². The van der Waals surface area contributed by atoms with E-state index in [4.69, 9.17) is 10.5 Å². The minimum absolute atomic E-state index is 0. The van der Waals surface area contributed by atoms with Crippen LogP contribution < -0.4 is 0 Å². The van der Waals surface area contributed by atoms with E-state index in [1.807, 2.05) is 0 Å². The molecule has 0 atom stereocenters. The van der Waals surface area contributed by atoms with E-state index in [9.17, 15) is 0 Å². The summed E-state index contributed by atoms with van der Waals surface area (Å²) in [5.74, 6) is 0. The van der Waals surface area contributed by atoms with Gasteiger partial charge in [-0.2, -0.15) is 0 Å². The molecule has 0 aromatic heterocycles. The van der Waals surface area contributed by atoms with E-state index in [1.165, 1.54) is 0 Å². The third-order valence-corrected chi connectivity index (χ3v) is 0. The van der Waals surface area contributed by atoms with Gasteiger partial charge in [0, 0.05) is 0 Å². The average molecular weight is 166 g/mol. The molecule has 6 heteroatoms. The molecule has 0 heterocycles. The van der Waals surface area contributed by atoms with E-state index in [1.54, 1.807) is 0 Å². The van der Waals surface area contributed by atoms with Crippen molar-refractivity contribution in [3.05, 3.63) is 0 Å². The zero-order valence-electron chi connectivity index (χ0n) is 5.14. The van der Waals surface area contributed by atoms with Crippen LogP contribution in [0.2, 0.25) is 0 Å². The number of hydrogen-bond donors (Lipinski definition) is 0. The van der Waals surface area contributed by atoms with Crippen LogP contribution in [0.3, 0.4) is 0 Å². The molecule has 3 nitrogen and oxygen atoms in total. The van der Waals surface area contributed by atoms with Crippen molar-refractivity contribution in [2.75, 3.05) is 0 Å². The molecule has 0 aliphatic carbocycles. The first kappa shape index (κ1) is 15.7. The maximum atomic E-state index is 8.50. The summed E-state index contributed by atoms with van der Waals surface area (Å²) in [6.07, 6.45) is 0. The van der Waals surface area contributed by atoms with Crippen LogP contribution in [0.5, 0.6) is 0 Å². The zero-order valence-corrected chi connectivity index (χ0v) is 8.32. The van der Waals surface area contributed by atoms with Gasteiger partial charge in [0.1, 0.15) is 0 Å². The quantitative estimate of drug-likeness (QED) is 0.426. The van der Waals surface area contributed by atoms with Gasteiger partial charge in [0.15, 0.2) is 0 Å². The second-order valence-electron chi connectivity index (χ2n) is 0.0833. The molecule has 30 valence electrons. The molecule has 0 N–H and O–H groups in total. The standard InChI is InChI=1S/Al.Ca.3O.Ti.3H/q;+2;;;;;;2*-1. The molecule has 0 radical (unpaired) electrons. The third-order valence-electron chi connectivity index (χ3n) is 0. The van der Waals surface area contributed by atoms with E-state index in [0.29, 0.717) is 16.2 Å². The summed E-state index contributed by atoms with van der Waals surface area (Å²) in [6, 6.07) is 0. The Morgan fingerprint density at radius 1 is 1.33 bits per heavy atom. The van der Waals surface area contributed by atoms with Crippen LogP contribution in [-0.4, -0.2) is 54.0 Å². The zero-order chi connectivity index (χ0) is 4.71. The maximum absolute atomic E-state index is 8.50. The van der Waals surface area contributed by atoms with Gasteiger partial charge >= 0.3 is 83.5 Å². The Bertz CT molecular complexity index is 46.5. The summed E-state index contributed by atoms with van der Waals surface area (Å²) in [4.78, 5) is 0. The molecule has 0 fully saturated rings. The first-order valence-electron chi connectivity index (χ1n) is 0.697. The molecule has 0 aliphatic heterocycles. The Balaban J connectivity index is -0.00000000567. The Morgan fingerprint density at radius 2 is 1.33 bits per heavy atom. The Labute approximate surface area is 85.0 Å². The van der Waals surface area contributed by atoms with E-state index in [-0.39, 0.29) is 40.6 Å². The fourth-order valence-electron chi connectivity index (χ4n) is 0. The van der Waals surface area contributed by atoms with Crippen molar-refractivity contribution in [2.45, 2.75) is 0 Å². The average Bonchev–Trinajstić information content (AvgIpc) is 1.46. The van der Waals surface area contributed by atoms with E-state index in [0.717, 1.165) is 0 Å². The predicted molar refractivity (Wildman–Crippen MR) is 17.2 cm³/mol. The summed E-state index contributed by atoms with van der Waals surface area (Å²) < 4.78 is 25.3. The summed E-state index contributed by atoms with van der Waals surface area (Å²) in [5, 5.41) is 0. The normalized spacial score (nSPS) is 1.83. The van der Waals surface area contributed by atoms with Crippen molar-refractivity contribution < 1.29 is 32.4 Å². The topological polar surface area (TPSA) is 51.2 Å². The van der Waals surface area contributed by atoms with Crippen molar-refractivity contribution in [1.82, 2.24) is 0 Å². The molecule has 0 spiro atoms. The molecule has 0 rings (SSSR count). The molecule has 6 heavy (non-hydrogen) atoms.